The van der Waals surface area contributed by atoms with Crippen LogP contribution in [0.2, 0.25) is 0 Å². The van der Waals surface area contributed by atoms with Crippen LogP contribution in [0.3, 0.4) is 0 Å². The summed E-state index contributed by atoms with van der Waals surface area (Å²) in [5, 5.41) is 7.95. The Balaban J connectivity index is 1.78. The van der Waals surface area contributed by atoms with Crippen LogP contribution in [0.15, 0.2) is 24.5 Å². The van der Waals surface area contributed by atoms with Crippen LogP contribution in [0.4, 0.5) is 0 Å². The van der Waals surface area contributed by atoms with Gasteiger partial charge in [-0.3, -0.25) is 4.79 Å². The zero-order chi connectivity index (χ0) is 16.4. The molecule has 1 aliphatic rings. The standard InChI is InChI=1S/C16H20N4O3/c1-11-4-5-12(8-13(11)22-3)16(21)20-6-7-23-14(9-20)15-18-17-10-19(15)2/h4-5,8,10,14H,6-7,9H2,1-3H3/t14-/m0/s1. The van der Waals surface area contributed by atoms with Gasteiger partial charge in [-0.25, -0.2) is 0 Å². The summed E-state index contributed by atoms with van der Waals surface area (Å²) >= 11 is 0. The number of morpholine rings is 1. The Labute approximate surface area is 134 Å². The van der Waals surface area contributed by atoms with Crippen molar-refractivity contribution in [2.75, 3.05) is 26.8 Å². The highest BCUT2D eigenvalue weighted by atomic mass is 16.5. The lowest BCUT2D eigenvalue weighted by atomic mass is 10.1. The third-order valence-corrected chi connectivity index (χ3v) is 4.04. The van der Waals surface area contributed by atoms with Crippen molar-refractivity contribution in [2.45, 2.75) is 13.0 Å². The molecule has 1 atom stereocenters. The van der Waals surface area contributed by atoms with Crippen molar-refractivity contribution in [1.82, 2.24) is 19.7 Å². The number of aryl methyl sites for hydroxylation is 2. The molecular weight excluding hydrogens is 296 g/mol. The predicted molar refractivity (Wildman–Crippen MR) is 83.3 cm³/mol. The highest BCUT2D eigenvalue weighted by Gasteiger charge is 2.29. The maximum atomic E-state index is 12.8. The zero-order valence-corrected chi connectivity index (χ0v) is 13.5. The summed E-state index contributed by atoms with van der Waals surface area (Å²) in [7, 11) is 3.47. The lowest BCUT2D eigenvalue weighted by Gasteiger charge is -2.32. The molecule has 122 valence electrons. The molecule has 0 unspecified atom stereocenters. The first kappa shape index (κ1) is 15.5. The van der Waals surface area contributed by atoms with E-state index in [-0.39, 0.29) is 12.0 Å². The van der Waals surface area contributed by atoms with Gasteiger partial charge >= 0.3 is 0 Å². The van der Waals surface area contributed by atoms with E-state index in [1.54, 1.807) is 24.4 Å². The first-order chi connectivity index (χ1) is 11.1. The van der Waals surface area contributed by atoms with Gasteiger partial charge in [0.2, 0.25) is 0 Å². The van der Waals surface area contributed by atoms with Gasteiger partial charge in [0.05, 0.1) is 20.3 Å². The second-order valence-electron chi connectivity index (χ2n) is 5.60. The van der Waals surface area contributed by atoms with E-state index in [2.05, 4.69) is 10.2 Å². The molecule has 0 bridgehead atoms. The molecule has 1 aromatic carbocycles. The average molecular weight is 316 g/mol. The topological polar surface area (TPSA) is 69.5 Å². The van der Waals surface area contributed by atoms with Gasteiger partial charge < -0.3 is 18.9 Å². The van der Waals surface area contributed by atoms with E-state index in [4.69, 9.17) is 9.47 Å². The number of carbonyl (C=O) groups is 1. The normalized spacial score (nSPS) is 18.0. The molecule has 1 aliphatic heterocycles. The fraction of sp³-hybridized carbons (Fsp3) is 0.438. The minimum Gasteiger partial charge on any atom is -0.496 e. The lowest BCUT2D eigenvalue weighted by molar-refractivity contribution is -0.0281. The van der Waals surface area contributed by atoms with Gasteiger partial charge in [0.25, 0.3) is 5.91 Å². The highest BCUT2D eigenvalue weighted by molar-refractivity contribution is 5.94. The molecule has 2 heterocycles. The van der Waals surface area contributed by atoms with Crippen LogP contribution in [0.5, 0.6) is 5.75 Å². The molecular formula is C16H20N4O3. The molecule has 0 aliphatic carbocycles. The van der Waals surface area contributed by atoms with E-state index in [1.807, 2.05) is 30.7 Å². The van der Waals surface area contributed by atoms with Crippen LogP contribution in [-0.4, -0.2) is 52.4 Å². The summed E-state index contributed by atoms with van der Waals surface area (Å²) in [4.78, 5) is 14.5. The molecule has 0 saturated carbocycles. The van der Waals surface area contributed by atoms with Gasteiger partial charge in [-0.15, -0.1) is 10.2 Å². The largest absolute Gasteiger partial charge is 0.496 e. The molecule has 1 amide bonds. The van der Waals surface area contributed by atoms with E-state index >= 15 is 0 Å². The van der Waals surface area contributed by atoms with Crippen LogP contribution < -0.4 is 4.74 Å². The van der Waals surface area contributed by atoms with Crippen LogP contribution in [0, 0.1) is 6.92 Å². The summed E-state index contributed by atoms with van der Waals surface area (Å²) in [6, 6.07) is 5.50. The third-order valence-electron chi connectivity index (χ3n) is 4.04. The molecule has 1 fully saturated rings. The number of rotatable bonds is 3. The van der Waals surface area contributed by atoms with E-state index in [0.717, 1.165) is 11.4 Å². The smallest absolute Gasteiger partial charge is 0.254 e. The first-order valence-electron chi connectivity index (χ1n) is 7.49. The van der Waals surface area contributed by atoms with Crippen molar-refractivity contribution in [3.63, 3.8) is 0 Å². The van der Waals surface area contributed by atoms with Gasteiger partial charge in [-0.2, -0.15) is 0 Å². The summed E-state index contributed by atoms with van der Waals surface area (Å²) < 4.78 is 12.9. The van der Waals surface area contributed by atoms with E-state index in [0.29, 0.717) is 31.0 Å². The summed E-state index contributed by atoms with van der Waals surface area (Å²) in [5.74, 6) is 1.41. The lowest BCUT2D eigenvalue weighted by Crippen LogP contribution is -2.42. The fourth-order valence-electron chi connectivity index (χ4n) is 2.71. The number of amides is 1. The highest BCUT2D eigenvalue weighted by Crippen LogP contribution is 2.24. The number of hydrogen-bond donors (Lipinski definition) is 0. The van der Waals surface area contributed by atoms with Gasteiger partial charge in [0.1, 0.15) is 18.2 Å². The SMILES string of the molecule is COc1cc(C(=O)N2CCO[C@H](c3nncn3C)C2)ccc1C. The van der Waals surface area contributed by atoms with Gasteiger partial charge in [-0.05, 0) is 24.6 Å². The summed E-state index contributed by atoms with van der Waals surface area (Å²) in [5.41, 5.74) is 1.62. The van der Waals surface area contributed by atoms with Gasteiger partial charge in [0, 0.05) is 19.2 Å². The Bertz CT molecular complexity index is 713. The zero-order valence-electron chi connectivity index (χ0n) is 13.5. The summed E-state index contributed by atoms with van der Waals surface area (Å²) in [6.07, 6.45) is 1.37. The second kappa shape index (κ2) is 6.37. The number of hydrogen-bond acceptors (Lipinski definition) is 5. The number of carbonyl (C=O) groups excluding carboxylic acids is 1. The van der Waals surface area contributed by atoms with Crippen LogP contribution in [0.25, 0.3) is 0 Å². The van der Waals surface area contributed by atoms with Crippen molar-refractivity contribution in [2.24, 2.45) is 7.05 Å². The molecule has 23 heavy (non-hydrogen) atoms. The maximum Gasteiger partial charge on any atom is 0.254 e. The van der Waals surface area contributed by atoms with Crippen molar-refractivity contribution in [3.05, 3.63) is 41.5 Å². The Morgan fingerprint density at radius 2 is 2.26 bits per heavy atom. The number of benzene rings is 1. The third kappa shape index (κ3) is 3.05. The Morgan fingerprint density at radius 1 is 1.43 bits per heavy atom. The molecule has 1 aromatic heterocycles. The van der Waals surface area contributed by atoms with E-state index < -0.39 is 0 Å². The maximum absolute atomic E-state index is 12.8. The van der Waals surface area contributed by atoms with Crippen LogP contribution in [-0.2, 0) is 11.8 Å². The van der Waals surface area contributed by atoms with Crippen molar-refractivity contribution >= 4 is 5.91 Å². The first-order valence-corrected chi connectivity index (χ1v) is 7.49. The number of methoxy groups -OCH3 is 1. The molecule has 0 radical (unpaired) electrons. The quantitative estimate of drug-likeness (QED) is 0.855. The van der Waals surface area contributed by atoms with Gasteiger partial charge in [0.15, 0.2) is 5.82 Å². The van der Waals surface area contributed by atoms with Crippen molar-refractivity contribution < 1.29 is 14.3 Å². The molecule has 2 aromatic rings. The van der Waals surface area contributed by atoms with Crippen LogP contribution >= 0.6 is 0 Å². The van der Waals surface area contributed by atoms with Crippen molar-refractivity contribution in [3.8, 4) is 5.75 Å². The van der Waals surface area contributed by atoms with Crippen LogP contribution in [0.1, 0.15) is 27.8 Å². The Morgan fingerprint density at radius 3 is 2.96 bits per heavy atom. The monoisotopic (exact) mass is 316 g/mol. The fourth-order valence-corrected chi connectivity index (χ4v) is 2.71. The summed E-state index contributed by atoms with van der Waals surface area (Å²) in [6.45, 7) is 3.45. The second-order valence-corrected chi connectivity index (χ2v) is 5.60. The Kier molecular flexibility index (Phi) is 4.29. The molecule has 0 spiro atoms. The minimum atomic E-state index is -0.257. The average Bonchev–Trinajstić information content (AvgIpc) is 3.01. The molecule has 7 nitrogen and oxygen atoms in total. The molecule has 3 rings (SSSR count). The molecule has 7 heteroatoms. The van der Waals surface area contributed by atoms with Crippen molar-refractivity contribution in [1.29, 1.82) is 0 Å². The predicted octanol–water partition coefficient (Wildman–Crippen LogP) is 1.35. The van der Waals surface area contributed by atoms with E-state index in [1.165, 1.54) is 0 Å². The molecule has 1 saturated heterocycles. The Hall–Kier alpha value is -2.41. The van der Waals surface area contributed by atoms with E-state index in [9.17, 15) is 4.79 Å². The van der Waals surface area contributed by atoms with Gasteiger partial charge in [-0.1, -0.05) is 6.07 Å². The number of nitrogens with zero attached hydrogens (tertiary/aromatic N) is 4. The number of ether oxygens (including phenoxy) is 2. The molecule has 0 N–H and O–H groups in total. The minimum absolute atomic E-state index is 0.0289. The number of aromatic nitrogens is 3.